The first kappa shape index (κ1) is 12.2. The maximum atomic E-state index is 12.0. The van der Waals surface area contributed by atoms with Gasteiger partial charge in [-0.1, -0.05) is 19.9 Å². The molecule has 0 aromatic carbocycles. The molecule has 1 aromatic heterocycles. The smallest absolute Gasteiger partial charge is 0.225 e. The molecule has 0 aliphatic rings. The van der Waals surface area contributed by atoms with E-state index in [9.17, 15) is 4.79 Å². The fraction of sp³-hybridized carbons (Fsp3) is 0.583. The lowest BCUT2D eigenvalue weighted by molar-refractivity contribution is -0.135. The number of hydrogen-bond acceptors (Lipinski definition) is 2. The van der Waals surface area contributed by atoms with Gasteiger partial charge < -0.3 is 4.90 Å². The number of rotatable bonds is 5. The van der Waals surface area contributed by atoms with Gasteiger partial charge in [-0.05, 0) is 24.8 Å². The number of thiophene rings is 1. The largest absolute Gasteiger partial charge is 0.338 e. The monoisotopic (exact) mass is 225 g/mol. The van der Waals surface area contributed by atoms with E-state index in [1.807, 2.05) is 24.8 Å². The first-order chi connectivity index (χ1) is 7.19. The molecule has 0 fully saturated rings. The van der Waals surface area contributed by atoms with Crippen molar-refractivity contribution in [3.05, 3.63) is 22.4 Å². The summed E-state index contributed by atoms with van der Waals surface area (Å²) in [7, 11) is 0. The van der Waals surface area contributed by atoms with Crippen LogP contribution in [0.2, 0.25) is 0 Å². The highest BCUT2D eigenvalue weighted by molar-refractivity contribution is 7.09. The summed E-state index contributed by atoms with van der Waals surface area (Å²) in [5, 5.41) is 2.05. The molecule has 1 rings (SSSR count). The minimum absolute atomic E-state index is 0.143. The van der Waals surface area contributed by atoms with Crippen molar-refractivity contribution >= 4 is 17.2 Å². The predicted molar refractivity (Wildman–Crippen MR) is 64.9 cm³/mol. The van der Waals surface area contributed by atoms with Gasteiger partial charge in [0.25, 0.3) is 0 Å². The molecule has 1 heterocycles. The summed E-state index contributed by atoms with van der Waals surface area (Å²) in [6.07, 6.45) is 0.916. The normalized spacial score (nSPS) is 12.5. The first-order valence-electron chi connectivity index (χ1n) is 5.50. The van der Waals surface area contributed by atoms with Crippen LogP contribution in [0.4, 0.5) is 0 Å². The van der Waals surface area contributed by atoms with Gasteiger partial charge in [-0.2, -0.15) is 0 Å². The van der Waals surface area contributed by atoms with Gasteiger partial charge in [0.1, 0.15) is 0 Å². The molecule has 1 amide bonds. The van der Waals surface area contributed by atoms with Crippen molar-refractivity contribution in [2.75, 3.05) is 6.54 Å². The zero-order valence-corrected chi connectivity index (χ0v) is 10.5. The number of hydrogen-bond donors (Lipinski definition) is 0. The lowest BCUT2D eigenvalue weighted by Crippen LogP contribution is -2.34. The third kappa shape index (κ3) is 3.34. The van der Waals surface area contributed by atoms with Gasteiger partial charge in [0.05, 0.1) is 6.54 Å². The second kappa shape index (κ2) is 5.91. The van der Waals surface area contributed by atoms with E-state index in [4.69, 9.17) is 0 Å². The first-order valence-corrected chi connectivity index (χ1v) is 6.38. The number of carbonyl (C=O) groups is 1. The fourth-order valence-corrected chi connectivity index (χ4v) is 2.14. The third-order valence-corrected chi connectivity index (χ3v) is 3.52. The SMILES string of the molecule is CCC(C)C(=O)N(CC)Cc1cccs1. The average molecular weight is 225 g/mol. The summed E-state index contributed by atoms with van der Waals surface area (Å²) >= 11 is 1.71. The van der Waals surface area contributed by atoms with Crippen molar-refractivity contribution < 1.29 is 4.79 Å². The maximum absolute atomic E-state index is 12.0. The van der Waals surface area contributed by atoms with Crippen LogP contribution in [0, 0.1) is 5.92 Å². The minimum Gasteiger partial charge on any atom is -0.338 e. The number of carbonyl (C=O) groups excluding carboxylic acids is 1. The Morgan fingerprint density at radius 3 is 2.73 bits per heavy atom. The highest BCUT2D eigenvalue weighted by atomic mass is 32.1. The standard InChI is InChI=1S/C12H19NOS/c1-4-10(3)12(14)13(5-2)9-11-7-6-8-15-11/h6-8,10H,4-5,9H2,1-3H3. The Morgan fingerprint density at radius 1 is 1.53 bits per heavy atom. The molecule has 0 saturated carbocycles. The average Bonchev–Trinajstić information content (AvgIpc) is 2.76. The summed E-state index contributed by atoms with van der Waals surface area (Å²) in [5.74, 6) is 0.415. The maximum Gasteiger partial charge on any atom is 0.225 e. The van der Waals surface area contributed by atoms with Gasteiger partial charge in [0.15, 0.2) is 0 Å². The molecule has 0 aliphatic heterocycles. The summed E-state index contributed by atoms with van der Waals surface area (Å²) in [4.78, 5) is 15.2. The molecule has 1 unspecified atom stereocenters. The third-order valence-electron chi connectivity index (χ3n) is 2.65. The summed E-state index contributed by atoms with van der Waals surface area (Å²) in [6, 6.07) is 4.11. The molecular weight excluding hydrogens is 206 g/mol. The molecular formula is C12H19NOS. The van der Waals surface area contributed by atoms with E-state index < -0.39 is 0 Å². The number of amides is 1. The molecule has 84 valence electrons. The zero-order chi connectivity index (χ0) is 11.3. The van der Waals surface area contributed by atoms with Crippen molar-refractivity contribution in [3.8, 4) is 0 Å². The quantitative estimate of drug-likeness (QED) is 0.754. The Morgan fingerprint density at radius 2 is 2.27 bits per heavy atom. The Kier molecular flexibility index (Phi) is 4.82. The van der Waals surface area contributed by atoms with Crippen LogP contribution in [0.15, 0.2) is 17.5 Å². The predicted octanol–water partition coefficient (Wildman–Crippen LogP) is 3.14. The molecule has 1 atom stereocenters. The molecule has 0 N–H and O–H groups in total. The molecule has 0 spiro atoms. The molecule has 0 radical (unpaired) electrons. The Hall–Kier alpha value is -0.830. The van der Waals surface area contributed by atoms with E-state index in [1.54, 1.807) is 11.3 Å². The van der Waals surface area contributed by atoms with Crippen molar-refractivity contribution in [2.24, 2.45) is 5.92 Å². The molecule has 3 heteroatoms. The van der Waals surface area contributed by atoms with Crippen LogP contribution in [-0.4, -0.2) is 17.4 Å². The minimum atomic E-state index is 0.143. The van der Waals surface area contributed by atoms with Gasteiger partial charge in [0, 0.05) is 17.3 Å². The molecule has 1 aromatic rings. The van der Waals surface area contributed by atoms with Crippen molar-refractivity contribution in [1.29, 1.82) is 0 Å². The second-order valence-electron chi connectivity index (χ2n) is 3.74. The molecule has 15 heavy (non-hydrogen) atoms. The second-order valence-corrected chi connectivity index (χ2v) is 4.77. The van der Waals surface area contributed by atoms with Crippen LogP contribution in [0.3, 0.4) is 0 Å². The topological polar surface area (TPSA) is 20.3 Å². The Labute approximate surface area is 95.9 Å². The lowest BCUT2D eigenvalue weighted by Gasteiger charge is -2.23. The van der Waals surface area contributed by atoms with E-state index in [1.165, 1.54) is 4.88 Å². The van der Waals surface area contributed by atoms with Gasteiger partial charge in [-0.25, -0.2) is 0 Å². The van der Waals surface area contributed by atoms with Gasteiger partial charge >= 0.3 is 0 Å². The van der Waals surface area contributed by atoms with Gasteiger partial charge in [0.2, 0.25) is 5.91 Å². The molecule has 0 saturated heterocycles. The van der Waals surface area contributed by atoms with Gasteiger partial charge in [-0.15, -0.1) is 11.3 Å². The van der Waals surface area contributed by atoms with Crippen LogP contribution in [0.5, 0.6) is 0 Å². The van der Waals surface area contributed by atoms with Crippen LogP contribution in [0.25, 0.3) is 0 Å². The summed E-state index contributed by atoms with van der Waals surface area (Å²) < 4.78 is 0. The summed E-state index contributed by atoms with van der Waals surface area (Å²) in [5.41, 5.74) is 0. The molecule has 0 bridgehead atoms. The highest BCUT2D eigenvalue weighted by Crippen LogP contribution is 2.14. The van der Waals surface area contributed by atoms with Crippen molar-refractivity contribution in [2.45, 2.75) is 33.7 Å². The highest BCUT2D eigenvalue weighted by Gasteiger charge is 2.17. The van der Waals surface area contributed by atoms with Crippen molar-refractivity contribution in [3.63, 3.8) is 0 Å². The molecule has 0 aliphatic carbocycles. The van der Waals surface area contributed by atoms with E-state index >= 15 is 0 Å². The van der Waals surface area contributed by atoms with Gasteiger partial charge in [-0.3, -0.25) is 4.79 Å². The molecule has 2 nitrogen and oxygen atoms in total. The zero-order valence-electron chi connectivity index (χ0n) is 9.69. The van der Waals surface area contributed by atoms with E-state index in [0.29, 0.717) is 0 Å². The van der Waals surface area contributed by atoms with E-state index in [2.05, 4.69) is 18.4 Å². The van der Waals surface area contributed by atoms with Crippen LogP contribution >= 0.6 is 11.3 Å². The Bertz CT molecular complexity index is 295. The number of nitrogens with zero attached hydrogens (tertiary/aromatic N) is 1. The van der Waals surface area contributed by atoms with E-state index in [-0.39, 0.29) is 11.8 Å². The van der Waals surface area contributed by atoms with Crippen LogP contribution in [-0.2, 0) is 11.3 Å². The van der Waals surface area contributed by atoms with Crippen LogP contribution in [0.1, 0.15) is 32.1 Å². The Balaban J connectivity index is 2.60. The lowest BCUT2D eigenvalue weighted by atomic mass is 10.1. The van der Waals surface area contributed by atoms with Crippen molar-refractivity contribution in [1.82, 2.24) is 4.90 Å². The fourth-order valence-electron chi connectivity index (χ4n) is 1.42. The summed E-state index contributed by atoms with van der Waals surface area (Å²) in [6.45, 7) is 7.65. The van der Waals surface area contributed by atoms with Crippen LogP contribution < -0.4 is 0 Å². The van der Waals surface area contributed by atoms with E-state index in [0.717, 1.165) is 19.5 Å².